The summed E-state index contributed by atoms with van der Waals surface area (Å²) in [6, 6.07) is 6.11. The van der Waals surface area contributed by atoms with E-state index in [0.29, 0.717) is 6.10 Å². The Morgan fingerprint density at radius 3 is 2.81 bits per heavy atom. The lowest BCUT2D eigenvalue weighted by atomic mass is 9.98. The maximum Gasteiger partial charge on any atom is 0.130 e. The number of hydrogen-bond acceptors (Lipinski definition) is 2. The van der Waals surface area contributed by atoms with Gasteiger partial charge >= 0.3 is 0 Å². The third-order valence-corrected chi connectivity index (χ3v) is 3.33. The molecule has 1 heterocycles. The van der Waals surface area contributed by atoms with E-state index >= 15 is 0 Å². The van der Waals surface area contributed by atoms with Gasteiger partial charge in [-0.25, -0.2) is 0 Å². The van der Waals surface area contributed by atoms with Gasteiger partial charge in [-0.15, -0.1) is 0 Å². The fourth-order valence-corrected chi connectivity index (χ4v) is 2.43. The molecule has 0 saturated heterocycles. The van der Waals surface area contributed by atoms with Crippen LogP contribution in [0.3, 0.4) is 0 Å². The maximum absolute atomic E-state index is 6.07. The van der Waals surface area contributed by atoms with Gasteiger partial charge in [0.25, 0.3) is 0 Å². The van der Waals surface area contributed by atoms with Crippen LogP contribution < -0.4 is 4.74 Å². The molecule has 1 aliphatic carbocycles. The lowest BCUT2D eigenvalue weighted by Gasteiger charge is -2.23. The second-order valence-corrected chi connectivity index (χ2v) is 4.51. The van der Waals surface area contributed by atoms with Crippen LogP contribution in [-0.4, -0.2) is 6.10 Å². The van der Waals surface area contributed by atoms with Gasteiger partial charge in [0.2, 0.25) is 0 Å². The minimum atomic E-state index is 0.397. The van der Waals surface area contributed by atoms with Crippen molar-refractivity contribution >= 4 is 10.8 Å². The van der Waals surface area contributed by atoms with E-state index in [0.717, 1.165) is 16.5 Å². The molecule has 84 valence electrons. The van der Waals surface area contributed by atoms with E-state index in [1.54, 1.807) is 12.5 Å². The number of ether oxygens (including phenoxy) is 1. The van der Waals surface area contributed by atoms with Crippen LogP contribution in [0.5, 0.6) is 5.75 Å². The van der Waals surface area contributed by atoms with Crippen molar-refractivity contribution in [2.24, 2.45) is 0 Å². The highest BCUT2D eigenvalue weighted by molar-refractivity contribution is 5.87. The average Bonchev–Trinajstić information content (AvgIpc) is 2.80. The Kier molecular flexibility index (Phi) is 2.56. The summed E-state index contributed by atoms with van der Waals surface area (Å²) >= 11 is 0. The van der Waals surface area contributed by atoms with Gasteiger partial charge in [0, 0.05) is 5.39 Å². The predicted octanol–water partition coefficient (Wildman–Crippen LogP) is 4.14. The van der Waals surface area contributed by atoms with E-state index < -0.39 is 0 Å². The van der Waals surface area contributed by atoms with Gasteiger partial charge in [-0.1, -0.05) is 18.6 Å². The van der Waals surface area contributed by atoms with Gasteiger partial charge in [-0.2, -0.15) is 0 Å². The van der Waals surface area contributed by atoms with E-state index in [2.05, 4.69) is 0 Å². The van der Waals surface area contributed by atoms with Crippen molar-refractivity contribution in [3.63, 3.8) is 0 Å². The van der Waals surface area contributed by atoms with Gasteiger partial charge in [-0.05, 0) is 31.7 Å². The first-order chi connectivity index (χ1) is 7.93. The van der Waals surface area contributed by atoms with E-state index in [4.69, 9.17) is 9.15 Å². The van der Waals surface area contributed by atoms with Crippen molar-refractivity contribution in [2.75, 3.05) is 0 Å². The molecular formula is C14H16O2. The average molecular weight is 216 g/mol. The minimum Gasteiger partial charge on any atom is -0.490 e. The van der Waals surface area contributed by atoms with Crippen molar-refractivity contribution in [3.8, 4) is 5.75 Å². The molecule has 1 saturated carbocycles. The van der Waals surface area contributed by atoms with Crippen molar-refractivity contribution < 1.29 is 9.15 Å². The Morgan fingerprint density at radius 2 is 1.94 bits per heavy atom. The van der Waals surface area contributed by atoms with Crippen LogP contribution in [0.1, 0.15) is 32.1 Å². The molecule has 0 unspecified atom stereocenters. The summed E-state index contributed by atoms with van der Waals surface area (Å²) in [6.07, 6.45) is 10.3. The molecule has 1 aromatic heterocycles. The first kappa shape index (κ1) is 9.76. The van der Waals surface area contributed by atoms with E-state index in [-0.39, 0.29) is 0 Å². The number of rotatable bonds is 2. The Bertz CT molecular complexity index is 466. The molecular weight excluding hydrogens is 200 g/mol. The number of benzene rings is 1. The molecule has 0 aliphatic heterocycles. The summed E-state index contributed by atoms with van der Waals surface area (Å²) in [4.78, 5) is 0. The number of hydrogen-bond donors (Lipinski definition) is 0. The highest BCUT2D eigenvalue weighted by atomic mass is 16.5. The summed E-state index contributed by atoms with van der Waals surface area (Å²) < 4.78 is 11.3. The maximum atomic E-state index is 6.07. The minimum absolute atomic E-state index is 0.397. The zero-order valence-electron chi connectivity index (χ0n) is 9.32. The molecule has 3 rings (SSSR count). The molecule has 2 heteroatoms. The third kappa shape index (κ3) is 1.80. The Labute approximate surface area is 95.2 Å². The van der Waals surface area contributed by atoms with Gasteiger partial charge in [0.1, 0.15) is 12.0 Å². The second kappa shape index (κ2) is 4.20. The summed E-state index contributed by atoms with van der Waals surface area (Å²) in [5.41, 5.74) is 0. The molecule has 0 amide bonds. The van der Waals surface area contributed by atoms with Crippen LogP contribution in [0.25, 0.3) is 10.8 Å². The van der Waals surface area contributed by atoms with Crippen molar-refractivity contribution in [1.29, 1.82) is 0 Å². The first-order valence-electron chi connectivity index (χ1n) is 6.05. The molecule has 2 aromatic rings. The van der Waals surface area contributed by atoms with Gasteiger partial charge in [0.15, 0.2) is 0 Å². The fraction of sp³-hybridized carbons (Fsp3) is 0.429. The highest BCUT2D eigenvalue weighted by Gasteiger charge is 2.16. The highest BCUT2D eigenvalue weighted by Crippen LogP contribution is 2.30. The van der Waals surface area contributed by atoms with Crippen molar-refractivity contribution in [2.45, 2.75) is 38.2 Å². The van der Waals surface area contributed by atoms with Crippen molar-refractivity contribution in [1.82, 2.24) is 0 Å². The van der Waals surface area contributed by atoms with Crippen LogP contribution in [0.2, 0.25) is 0 Å². The molecule has 1 fully saturated rings. The molecule has 0 spiro atoms. The lowest BCUT2D eigenvalue weighted by molar-refractivity contribution is 0.157. The first-order valence-corrected chi connectivity index (χ1v) is 6.05. The van der Waals surface area contributed by atoms with Gasteiger partial charge < -0.3 is 9.15 Å². The summed E-state index contributed by atoms with van der Waals surface area (Å²) in [6.45, 7) is 0. The number of furan rings is 1. The fourth-order valence-electron chi connectivity index (χ4n) is 2.43. The second-order valence-electron chi connectivity index (χ2n) is 4.51. The summed E-state index contributed by atoms with van der Waals surface area (Å²) in [5, 5.41) is 2.21. The van der Waals surface area contributed by atoms with Crippen molar-refractivity contribution in [3.05, 3.63) is 30.7 Å². The Morgan fingerprint density at radius 1 is 1.06 bits per heavy atom. The van der Waals surface area contributed by atoms with Gasteiger partial charge in [0.05, 0.1) is 17.8 Å². The molecule has 0 N–H and O–H groups in total. The third-order valence-electron chi connectivity index (χ3n) is 3.33. The molecule has 16 heavy (non-hydrogen) atoms. The normalized spacial score (nSPS) is 17.8. The smallest absolute Gasteiger partial charge is 0.130 e. The molecule has 1 aliphatic rings. The predicted molar refractivity (Wildman–Crippen MR) is 63.7 cm³/mol. The molecule has 0 bridgehead atoms. The van der Waals surface area contributed by atoms with E-state index in [1.165, 1.54) is 32.1 Å². The number of fused-ring (bicyclic) bond motifs is 1. The largest absolute Gasteiger partial charge is 0.490 e. The van der Waals surface area contributed by atoms with Crippen LogP contribution in [0, 0.1) is 0 Å². The monoisotopic (exact) mass is 216 g/mol. The van der Waals surface area contributed by atoms with E-state index in [1.807, 2.05) is 18.2 Å². The quantitative estimate of drug-likeness (QED) is 0.752. The Hall–Kier alpha value is -1.44. The van der Waals surface area contributed by atoms with E-state index in [9.17, 15) is 0 Å². The summed E-state index contributed by atoms with van der Waals surface area (Å²) in [5.74, 6) is 0.971. The molecule has 0 radical (unpaired) electrons. The molecule has 0 atom stereocenters. The molecule has 2 nitrogen and oxygen atoms in total. The summed E-state index contributed by atoms with van der Waals surface area (Å²) in [7, 11) is 0. The Balaban J connectivity index is 1.85. The zero-order valence-corrected chi connectivity index (χ0v) is 9.32. The van der Waals surface area contributed by atoms with Crippen LogP contribution in [0.15, 0.2) is 35.1 Å². The van der Waals surface area contributed by atoms with Gasteiger partial charge in [-0.3, -0.25) is 0 Å². The zero-order chi connectivity index (χ0) is 10.8. The molecule has 1 aromatic carbocycles. The topological polar surface area (TPSA) is 22.4 Å². The SMILES string of the molecule is c1cc(OC2CCCCC2)c2cocc2c1. The van der Waals surface area contributed by atoms with Crippen LogP contribution >= 0.6 is 0 Å². The van der Waals surface area contributed by atoms with Crippen LogP contribution in [-0.2, 0) is 0 Å². The van der Waals surface area contributed by atoms with Crippen LogP contribution in [0.4, 0.5) is 0 Å². The standard InChI is InChI=1S/C14H16O2/c1-2-6-12(7-3-1)16-14-8-4-5-11-9-15-10-13(11)14/h4-5,8-10,12H,1-3,6-7H2. The lowest BCUT2D eigenvalue weighted by Crippen LogP contribution is -2.19.